The Morgan fingerprint density at radius 2 is 2.07 bits per heavy atom. The van der Waals surface area contributed by atoms with Gasteiger partial charge in [-0.25, -0.2) is 15.0 Å². The number of thiophene rings is 1. The lowest BCUT2D eigenvalue weighted by molar-refractivity contribution is 0.143. The average molecular weight is 399 g/mol. The van der Waals surface area contributed by atoms with Crippen molar-refractivity contribution in [3.8, 4) is 5.88 Å². The fourth-order valence-electron chi connectivity index (χ4n) is 2.78. The Kier molecular flexibility index (Phi) is 4.30. The number of nitrogens with zero attached hydrogens (tertiary/aromatic N) is 5. The van der Waals surface area contributed by atoms with Crippen LogP contribution in [0.5, 0.6) is 5.88 Å². The number of rotatable bonds is 7. The van der Waals surface area contributed by atoms with Crippen LogP contribution in [0.4, 0.5) is 5.82 Å². The third kappa shape index (κ3) is 3.58. The molecule has 0 aromatic carbocycles. The number of methoxy groups -OCH3 is 1. The maximum atomic E-state index is 6.98. The Morgan fingerprint density at radius 3 is 2.89 bits per heavy atom. The van der Waals surface area contributed by atoms with Crippen LogP contribution < -0.4 is 10.1 Å². The van der Waals surface area contributed by atoms with Gasteiger partial charge in [0.15, 0.2) is 0 Å². The summed E-state index contributed by atoms with van der Waals surface area (Å²) >= 11 is 1.51. The molecule has 0 aliphatic rings. The number of aromatic nitrogens is 5. The van der Waals surface area contributed by atoms with E-state index in [1.165, 1.54) is 11.3 Å². The maximum Gasteiger partial charge on any atom is 0.213 e. The lowest BCUT2D eigenvalue weighted by Gasteiger charge is -2.08. The van der Waals surface area contributed by atoms with Crippen LogP contribution in [-0.4, -0.2) is 45.4 Å². The SMILES string of the molecule is [2H]C([2H])([2H])OCCOc1ccc(CNc2ncnc3c2sc2nnc(C)c(C)c23)cn1. The van der Waals surface area contributed by atoms with Crippen LogP contribution in [0.3, 0.4) is 0 Å². The first-order valence-corrected chi connectivity index (χ1v) is 9.46. The predicted molar refractivity (Wildman–Crippen MR) is 109 cm³/mol. The minimum Gasteiger partial charge on any atom is -0.475 e. The minimum absolute atomic E-state index is 0.0380. The topological polar surface area (TPSA) is 94.9 Å². The number of nitrogens with one attached hydrogen (secondary N) is 1. The zero-order valence-electron chi connectivity index (χ0n) is 18.4. The van der Waals surface area contributed by atoms with Gasteiger partial charge in [0.25, 0.3) is 0 Å². The van der Waals surface area contributed by atoms with Crippen LogP contribution in [0.1, 0.15) is 20.9 Å². The number of pyridine rings is 1. The van der Waals surface area contributed by atoms with Gasteiger partial charge in [-0.05, 0) is 25.0 Å². The molecule has 8 nitrogen and oxygen atoms in total. The Labute approximate surface area is 170 Å². The highest BCUT2D eigenvalue weighted by Gasteiger charge is 2.15. The third-order valence-corrected chi connectivity index (χ3v) is 5.42. The number of fused-ring (bicyclic) bond motifs is 3. The van der Waals surface area contributed by atoms with Crippen molar-refractivity contribution in [3.05, 3.63) is 41.5 Å². The van der Waals surface area contributed by atoms with Gasteiger partial charge < -0.3 is 14.8 Å². The molecule has 0 amide bonds. The molecule has 0 fully saturated rings. The van der Waals surface area contributed by atoms with Crippen LogP contribution in [0.15, 0.2) is 24.7 Å². The molecule has 28 heavy (non-hydrogen) atoms. The fraction of sp³-hybridized carbons (Fsp3) is 0.316. The summed E-state index contributed by atoms with van der Waals surface area (Å²) in [6, 6.07) is 3.60. The molecule has 1 N–H and O–H groups in total. The van der Waals surface area contributed by atoms with Gasteiger partial charge in [-0.2, -0.15) is 5.10 Å². The van der Waals surface area contributed by atoms with Crippen molar-refractivity contribution in [2.75, 3.05) is 25.6 Å². The van der Waals surface area contributed by atoms with Gasteiger partial charge in [-0.1, -0.05) is 6.07 Å². The maximum absolute atomic E-state index is 6.98. The van der Waals surface area contributed by atoms with Crippen LogP contribution in [-0.2, 0) is 11.3 Å². The van der Waals surface area contributed by atoms with Gasteiger partial charge in [0.2, 0.25) is 5.88 Å². The summed E-state index contributed by atoms with van der Waals surface area (Å²) in [4.78, 5) is 13.9. The first-order chi connectivity index (χ1) is 14.8. The van der Waals surface area contributed by atoms with Crippen molar-refractivity contribution >= 4 is 37.6 Å². The number of aryl methyl sites for hydroxylation is 2. The fourth-order valence-corrected chi connectivity index (χ4v) is 3.88. The van der Waals surface area contributed by atoms with Gasteiger partial charge >= 0.3 is 0 Å². The summed E-state index contributed by atoms with van der Waals surface area (Å²) < 4.78 is 31.9. The van der Waals surface area contributed by atoms with Crippen molar-refractivity contribution in [1.29, 1.82) is 0 Å². The zero-order valence-corrected chi connectivity index (χ0v) is 16.2. The van der Waals surface area contributed by atoms with Crippen molar-refractivity contribution in [3.63, 3.8) is 0 Å². The molecule has 4 aromatic heterocycles. The van der Waals surface area contributed by atoms with E-state index in [0.717, 1.165) is 43.1 Å². The lowest BCUT2D eigenvalue weighted by atomic mass is 10.1. The summed E-state index contributed by atoms with van der Waals surface area (Å²) in [7, 11) is -2.42. The number of hydrogen-bond donors (Lipinski definition) is 1. The first kappa shape index (κ1) is 15.1. The van der Waals surface area contributed by atoms with Crippen LogP contribution in [0, 0.1) is 13.8 Å². The zero-order chi connectivity index (χ0) is 22.0. The van der Waals surface area contributed by atoms with Crippen LogP contribution in [0.25, 0.3) is 20.4 Å². The van der Waals surface area contributed by atoms with E-state index in [9.17, 15) is 0 Å². The van der Waals surface area contributed by atoms with E-state index in [2.05, 4.69) is 35.2 Å². The number of ether oxygens (including phenoxy) is 2. The summed E-state index contributed by atoms with van der Waals surface area (Å²) in [5.41, 5.74) is 3.77. The van der Waals surface area contributed by atoms with Gasteiger partial charge in [-0.3, -0.25) is 0 Å². The highest BCUT2D eigenvalue weighted by molar-refractivity contribution is 7.25. The number of hydrogen-bond acceptors (Lipinski definition) is 9. The van der Waals surface area contributed by atoms with E-state index in [-0.39, 0.29) is 13.2 Å². The molecule has 4 heterocycles. The molecule has 0 radical (unpaired) electrons. The van der Waals surface area contributed by atoms with Gasteiger partial charge in [0, 0.05) is 31.2 Å². The van der Waals surface area contributed by atoms with E-state index in [0.29, 0.717) is 12.4 Å². The molecular weight excluding hydrogens is 376 g/mol. The summed E-state index contributed by atoms with van der Waals surface area (Å²) in [6.45, 7) is 4.55. The Bertz CT molecular complexity index is 1210. The van der Waals surface area contributed by atoms with Crippen LogP contribution in [0.2, 0.25) is 0 Å². The Hall–Kier alpha value is -2.91. The van der Waals surface area contributed by atoms with Gasteiger partial charge in [-0.15, -0.1) is 16.4 Å². The van der Waals surface area contributed by atoms with Crippen molar-refractivity contribution in [1.82, 2.24) is 25.1 Å². The second-order valence-corrected chi connectivity index (χ2v) is 7.15. The van der Waals surface area contributed by atoms with Crippen molar-refractivity contribution in [2.45, 2.75) is 20.4 Å². The van der Waals surface area contributed by atoms with E-state index < -0.39 is 7.04 Å². The lowest BCUT2D eigenvalue weighted by Crippen LogP contribution is -2.06. The summed E-state index contributed by atoms with van der Waals surface area (Å²) in [6.07, 6.45) is 3.23. The van der Waals surface area contributed by atoms with Crippen LogP contribution >= 0.6 is 11.3 Å². The Morgan fingerprint density at radius 1 is 1.14 bits per heavy atom. The molecule has 0 atom stereocenters. The smallest absolute Gasteiger partial charge is 0.213 e. The normalized spacial score (nSPS) is 13.3. The van der Waals surface area contributed by atoms with Gasteiger partial charge in [0.1, 0.15) is 23.6 Å². The van der Waals surface area contributed by atoms with Gasteiger partial charge in [0.05, 0.1) is 26.6 Å². The molecule has 0 saturated carbocycles. The van der Waals surface area contributed by atoms with E-state index in [1.807, 2.05) is 19.9 Å². The second kappa shape index (κ2) is 7.99. The molecule has 0 aliphatic heterocycles. The monoisotopic (exact) mass is 399 g/mol. The molecule has 0 spiro atoms. The number of anilines is 1. The average Bonchev–Trinajstić information content (AvgIpc) is 3.12. The largest absolute Gasteiger partial charge is 0.475 e. The molecule has 144 valence electrons. The Balaban J connectivity index is 1.43. The summed E-state index contributed by atoms with van der Waals surface area (Å²) in [5, 5.41) is 12.9. The van der Waals surface area contributed by atoms with E-state index in [4.69, 9.17) is 8.85 Å². The highest BCUT2D eigenvalue weighted by atomic mass is 32.1. The molecule has 4 rings (SSSR count). The van der Waals surface area contributed by atoms with Crippen molar-refractivity contribution < 1.29 is 13.6 Å². The summed E-state index contributed by atoms with van der Waals surface area (Å²) in [5.74, 6) is 1.13. The highest BCUT2D eigenvalue weighted by Crippen LogP contribution is 2.36. The second-order valence-electron chi connectivity index (χ2n) is 6.15. The standard InChI is InChI=1S/C19H20N6O2S/c1-11-12(2)24-25-19-15(11)16-17(28-19)18(23-10-22-16)21-9-13-4-5-14(20-8-13)27-7-6-26-3/h4-5,8,10H,6-7,9H2,1-3H3,(H,21,22,23)/i3D3. The van der Waals surface area contributed by atoms with E-state index in [1.54, 1.807) is 18.6 Å². The van der Waals surface area contributed by atoms with Crippen molar-refractivity contribution in [2.24, 2.45) is 0 Å². The quantitative estimate of drug-likeness (QED) is 0.473. The molecule has 0 aliphatic carbocycles. The molecule has 4 aromatic rings. The first-order valence-electron chi connectivity index (χ1n) is 10.1. The molecule has 0 bridgehead atoms. The molecule has 0 saturated heterocycles. The third-order valence-electron chi connectivity index (χ3n) is 4.35. The molecular formula is C19H20N6O2S. The molecule has 0 unspecified atom stereocenters. The van der Waals surface area contributed by atoms with E-state index >= 15 is 0 Å². The minimum atomic E-state index is -2.42. The molecule has 9 heteroatoms. The predicted octanol–water partition coefficient (Wildman–Crippen LogP) is 3.28.